The van der Waals surface area contributed by atoms with Crippen LogP contribution in [0, 0.1) is 5.92 Å². The molecule has 0 saturated carbocycles. The van der Waals surface area contributed by atoms with Gasteiger partial charge in [0.25, 0.3) is 0 Å². The van der Waals surface area contributed by atoms with Gasteiger partial charge in [-0.1, -0.05) is 33.6 Å². The molecule has 1 amide bonds. The largest absolute Gasteiger partial charge is 0.389 e. The van der Waals surface area contributed by atoms with Gasteiger partial charge >= 0.3 is 0 Å². The van der Waals surface area contributed by atoms with Crippen molar-refractivity contribution < 1.29 is 9.90 Å². The zero-order valence-electron chi connectivity index (χ0n) is 14.2. The predicted molar refractivity (Wildman–Crippen MR) is 84.7 cm³/mol. The highest BCUT2D eigenvalue weighted by Gasteiger charge is 2.19. The lowest BCUT2D eigenvalue weighted by atomic mass is 10.0. The number of carbonyl (C=O) groups is 1. The van der Waals surface area contributed by atoms with Crippen molar-refractivity contribution in [1.82, 2.24) is 10.2 Å². The molecule has 0 aromatic rings. The first-order chi connectivity index (χ1) is 9.14. The molecule has 4 heteroatoms. The van der Waals surface area contributed by atoms with Gasteiger partial charge in [-0.3, -0.25) is 9.69 Å². The van der Waals surface area contributed by atoms with Crippen LogP contribution in [0.3, 0.4) is 0 Å². The lowest BCUT2D eigenvalue weighted by Crippen LogP contribution is -2.45. The van der Waals surface area contributed by atoms with E-state index in [4.69, 9.17) is 0 Å². The van der Waals surface area contributed by atoms with E-state index in [2.05, 4.69) is 26.1 Å². The third kappa shape index (κ3) is 11.2. The first-order valence-electron chi connectivity index (χ1n) is 7.88. The van der Waals surface area contributed by atoms with Crippen LogP contribution in [0.4, 0.5) is 0 Å². The van der Waals surface area contributed by atoms with Crippen molar-refractivity contribution in [3.63, 3.8) is 0 Å². The molecular weight excluding hydrogens is 252 g/mol. The summed E-state index contributed by atoms with van der Waals surface area (Å²) < 4.78 is 0. The molecule has 2 N–H and O–H groups in total. The summed E-state index contributed by atoms with van der Waals surface area (Å²) in [5.41, 5.74) is -0.765. The van der Waals surface area contributed by atoms with Gasteiger partial charge in [0.1, 0.15) is 0 Å². The van der Waals surface area contributed by atoms with E-state index in [1.165, 1.54) is 6.42 Å². The third-order valence-electron chi connectivity index (χ3n) is 3.25. The average molecular weight is 286 g/mol. The number of aliphatic hydroxyl groups is 1. The maximum absolute atomic E-state index is 12.0. The second kappa shape index (κ2) is 9.35. The molecule has 0 aromatic carbocycles. The third-order valence-corrected chi connectivity index (χ3v) is 3.25. The molecule has 20 heavy (non-hydrogen) atoms. The molecule has 0 spiro atoms. The molecule has 0 aliphatic rings. The molecule has 4 nitrogen and oxygen atoms in total. The SMILES string of the molecule is CCN(CC(=O)NC(C)CCCC(C)C)CC(C)(C)O. The zero-order chi connectivity index (χ0) is 15.8. The molecule has 0 radical (unpaired) electrons. The number of likely N-dealkylation sites (N-methyl/N-ethyl adjacent to an activating group) is 1. The Bertz CT molecular complexity index is 272. The Morgan fingerprint density at radius 1 is 1.25 bits per heavy atom. The van der Waals surface area contributed by atoms with E-state index in [1.54, 1.807) is 13.8 Å². The summed E-state index contributed by atoms with van der Waals surface area (Å²) in [4.78, 5) is 13.9. The van der Waals surface area contributed by atoms with Gasteiger partial charge in [0.15, 0.2) is 0 Å². The van der Waals surface area contributed by atoms with Gasteiger partial charge < -0.3 is 10.4 Å². The molecule has 0 saturated heterocycles. The van der Waals surface area contributed by atoms with Crippen molar-refractivity contribution in [2.75, 3.05) is 19.6 Å². The van der Waals surface area contributed by atoms with Crippen molar-refractivity contribution >= 4 is 5.91 Å². The van der Waals surface area contributed by atoms with Gasteiger partial charge in [0.05, 0.1) is 12.1 Å². The van der Waals surface area contributed by atoms with E-state index in [0.717, 1.165) is 25.3 Å². The van der Waals surface area contributed by atoms with Crippen molar-refractivity contribution in [2.24, 2.45) is 5.92 Å². The molecular formula is C16H34N2O2. The number of nitrogens with zero attached hydrogens (tertiary/aromatic N) is 1. The van der Waals surface area contributed by atoms with Crippen LogP contribution < -0.4 is 5.32 Å². The summed E-state index contributed by atoms with van der Waals surface area (Å²) in [6, 6.07) is 0.224. The number of hydrogen-bond donors (Lipinski definition) is 2. The summed E-state index contributed by atoms with van der Waals surface area (Å²) in [7, 11) is 0. The van der Waals surface area contributed by atoms with Crippen molar-refractivity contribution in [1.29, 1.82) is 0 Å². The summed E-state index contributed by atoms with van der Waals surface area (Å²) in [5, 5.41) is 12.9. The Kier molecular flexibility index (Phi) is 9.06. The van der Waals surface area contributed by atoms with Crippen LogP contribution in [-0.2, 0) is 4.79 Å². The zero-order valence-corrected chi connectivity index (χ0v) is 14.2. The number of hydrogen-bond acceptors (Lipinski definition) is 3. The van der Waals surface area contributed by atoms with Crippen molar-refractivity contribution in [3.05, 3.63) is 0 Å². The molecule has 120 valence electrons. The summed E-state index contributed by atoms with van der Waals surface area (Å²) in [5.74, 6) is 0.772. The van der Waals surface area contributed by atoms with Crippen LogP contribution in [0.15, 0.2) is 0 Å². The van der Waals surface area contributed by atoms with Crippen LogP contribution in [0.25, 0.3) is 0 Å². The fourth-order valence-corrected chi connectivity index (χ4v) is 2.25. The number of amides is 1. The molecule has 0 aliphatic carbocycles. The average Bonchev–Trinajstić information content (AvgIpc) is 2.25. The van der Waals surface area contributed by atoms with Crippen LogP contribution in [-0.4, -0.2) is 47.2 Å². The fraction of sp³-hybridized carbons (Fsp3) is 0.938. The quantitative estimate of drug-likeness (QED) is 0.648. The van der Waals surface area contributed by atoms with Crippen LogP contribution in [0.5, 0.6) is 0 Å². The molecule has 1 unspecified atom stereocenters. The Morgan fingerprint density at radius 3 is 2.30 bits per heavy atom. The molecule has 0 bridgehead atoms. The fourth-order valence-electron chi connectivity index (χ4n) is 2.25. The van der Waals surface area contributed by atoms with E-state index >= 15 is 0 Å². The second-order valence-corrected chi connectivity index (χ2v) is 6.91. The molecule has 0 aromatic heterocycles. The van der Waals surface area contributed by atoms with Crippen molar-refractivity contribution in [3.8, 4) is 0 Å². The summed E-state index contributed by atoms with van der Waals surface area (Å²) >= 11 is 0. The van der Waals surface area contributed by atoms with Gasteiger partial charge in [-0.2, -0.15) is 0 Å². The van der Waals surface area contributed by atoms with Crippen molar-refractivity contribution in [2.45, 2.75) is 72.4 Å². The molecule has 0 rings (SSSR count). The van der Waals surface area contributed by atoms with Gasteiger partial charge in [0.2, 0.25) is 5.91 Å². The Labute approximate surface area is 124 Å². The van der Waals surface area contributed by atoms with Crippen LogP contribution >= 0.6 is 0 Å². The van der Waals surface area contributed by atoms with E-state index < -0.39 is 5.60 Å². The van der Waals surface area contributed by atoms with Gasteiger partial charge in [-0.25, -0.2) is 0 Å². The standard InChI is InChI=1S/C16H34N2O2/c1-7-18(12-16(5,6)20)11-15(19)17-14(4)10-8-9-13(2)3/h13-14,20H,7-12H2,1-6H3,(H,17,19). The predicted octanol–water partition coefficient (Wildman–Crippen LogP) is 2.41. The highest BCUT2D eigenvalue weighted by molar-refractivity contribution is 5.78. The lowest BCUT2D eigenvalue weighted by molar-refractivity contribution is -0.123. The smallest absolute Gasteiger partial charge is 0.234 e. The minimum absolute atomic E-state index is 0.0492. The molecule has 0 fully saturated rings. The first-order valence-corrected chi connectivity index (χ1v) is 7.88. The summed E-state index contributed by atoms with van der Waals surface area (Å²) in [6.07, 6.45) is 3.39. The molecule has 0 aliphatic heterocycles. The van der Waals surface area contributed by atoms with Gasteiger partial charge in [-0.05, 0) is 39.7 Å². The van der Waals surface area contributed by atoms with E-state index in [9.17, 15) is 9.90 Å². The second-order valence-electron chi connectivity index (χ2n) is 6.91. The van der Waals surface area contributed by atoms with E-state index in [1.807, 2.05) is 11.8 Å². The minimum atomic E-state index is -0.765. The maximum atomic E-state index is 12.0. The lowest BCUT2D eigenvalue weighted by Gasteiger charge is -2.27. The maximum Gasteiger partial charge on any atom is 0.234 e. The topological polar surface area (TPSA) is 52.6 Å². The Balaban J connectivity index is 4.00. The Hall–Kier alpha value is -0.610. The molecule has 1 atom stereocenters. The monoisotopic (exact) mass is 286 g/mol. The highest BCUT2D eigenvalue weighted by atomic mass is 16.3. The normalized spacial score (nSPS) is 13.8. The highest BCUT2D eigenvalue weighted by Crippen LogP contribution is 2.08. The first kappa shape index (κ1) is 19.4. The van der Waals surface area contributed by atoms with Crippen LogP contribution in [0.2, 0.25) is 0 Å². The van der Waals surface area contributed by atoms with E-state index in [-0.39, 0.29) is 11.9 Å². The number of rotatable bonds is 10. The Morgan fingerprint density at radius 2 is 1.85 bits per heavy atom. The number of nitrogens with one attached hydrogen (secondary N) is 1. The minimum Gasteiger partial charge on any atom is -0.389 e. The van der Waals surface area contributed by atoms with Gasteiger partial charge in [-0.15, -0.1) is 0 Å². The summed E-state index contributed by atoms with van der Waals surface area (Å²) in [6.45, 7) is 13.7. The van der Waals surface area contributed by atoms with Crippen LogP contribution in [0.1, 0.15) is 60.8 Å². The van der Waals surface area contributed by atoms with E-state index in [0.29, 0.717) is 13.1 Å². The molecule has 0 heterocycles. The number of carbonyl (C=O) groups excluding carboxylic acids is 1. The van der Waals surface area contributed by atoms with Gasteiger partial charge in [0, 0.05) is 12.6 Å².